The average molecular weight is 492 g/mol. The number of aryl methyl sites for hydroxylation is 1. The molecule has 9 heteroatoms. The van der Waals surface area contributed by atoms with Crippen LogP contribution in [-0.4, -0.2) is 57.5 Å². The summed E-state index contributed by atoms with van der Waals surface area (Å²) in [6.07, 6.45) is 7.39. The van der Waals surface area contributed by atoms with Crippen LogP contribution in [0.2, 0.25) is 0 Å². The predicted octanol–water partition coefficient (Wildman–Crippen LogP) is 3.73. The number of carbonyl (C=O) groups excluding carboxylic acids is 1. The van der Waals surface area contributed by atoms with E-state index in [-0.39, 0.29) is 29.8 Å². The molecule has 2 aromatic carbocycles. The van der Waals surface area contributed by atoms with E-state index in [4.69, 9.17) is 26.2 Å². The zero-order valence-electron chi connectivity index (χ0n) is 20.8. The second kappa shape index (κ2) is 10.1. The van der Waals surface area contributed by atoms with Crippen LogP contribution in [-0.2, 0) is 23.0 Å². The maximum absolute atomic E-state index is 15.4. The average Bonchev–Trinajstić information content (AvgIpc) is 3.47. The molecule has 1 saturated heterocycles. The number of rotatable bonds is 7. The molecular weight excluding hydrogens is 465 g/mol. The first-order chi connectivity index (χ1) is 17.8. The highest BCUT2D eigenvalue weighted by Gasteiger charge is 2.43. The lowest BCUT2D eigenvalue weighted by atomic mass is 9.59. The molecule has 1 amide bonds. The monoisotopic (exact) mass is 492 g/mol. The first-order valence-electron chi connectivity index (χ1n) is 12.4. The number of nitrogen functional groups attached to an aromatic ring is 1. The van der Waals surface area contributed by atoms with Crippen molar-refractivity contribution in [1.82, 2.24) is 9.88 Å². The first kappa shape index (κ1) is 25.2. The second-order valence-electron chi connectivity index (χ2n) is 9.58. The molecule has 0 bridgehead atoms. The number of aromatic nitrogens is 1. The van der Waals surface area contributed by atoms with Crippen molar-refractivity contribution in [2.24, 2.45) is 4.99 Å². The Hall–Kier alpha value is -3.45. The molecule has 1 aromatic heterocycles. The zero-order chi connectivity index (χ0) is 26.2. The van der Waals surface area contributed by atoms with Crippen LogP contribution in [0.25, 0.3) is 11.1 Å². The van der Waals surface area contributed by atoms with Crippen molar-refractivity contribution in [2.75, 3.05) is 19.4 Å². The van der Waals surface area contributed by atoms with E-state index in [0.29, 0.717) is 16.8 Å². The van der Waals surface area contributed by atoms with E-state index in [1.54, 1.807) is 37.5 Å². The van der Waals surface area contributed by atoms with Gasteiger partial charge in [-0.2, -0.15) is 0 Å². The maximum atomic E-state index is 15.4. The van der Waals surface area contributed by atoms with Crippen LogP contribution >= 0.6 is 0 Å². The van der Waals surface area contributed by atoms with E-state index in [0.717, 1.165) is 49.0 Å². The van der Waals surface area contributed by atoms with Crippen molar-refractivity contribution in [1.29, 1.82) is 0 Å². The number of hydrogen-bond donors (Lipinski definition) is 1. The molecule has 1 unspecified atom stereocenters. The number of ether oxygens (including phenoxy) is 1. The van der Waals surface area contributed by atoms with Gasteiger partial charge < -0.3 is 15.4 Å². The molecule has 1 atom stereocenters. The molecule has 2 N–H and O–H groups in total. The van der Waals surface area contributed by atoms with Crippen molar-refractivity contribution in [3.8, 4) is 11.1 Å². The summed E-state index contributed by atoms with van der Waals surface area (Å²) in [4.78, 5) is 22.5. The SMILES string of the molecule is [B]C1([B])c2ncccc2C(=O)N1Cc1ccc(-c2ccc(CCC3CCCO3)c(N)c2C=NC)cc1F. The van der Waals surface area contributed by atoms with Gasteiger partial charge in [0.15, 0.2) is 0 Å². The molecule has 184 valence electrons. The van der Waals surface area contributed by atoms with Crippen LogP contribution in [0.4, 0.5) is 10.1 Å². The van der Waals surface area contributed by atoms with Crippen molar-refractivity contribution in [3.63, 3.8) is 0 Å². The van der Waals surface area contributed by atoms with Crippen LogP contribution < -0.4 is 5.73 Å². The normalized spacial score (nSPS) is 18.6. The fourth-order valence-corrected chi connectivity index (χ4v) is 5.16. The number of hydrogen-bond acceptors (Lipinski definition) is 5. The Morgan fingerprint density at radius 2 is 2.05 bits per heavy atom. The quantitative estimate of drug-likeness (QED) is 0.310. The number of nitrogens with two attached hydrogens (primary N) is 1. The van der Waals surface area contributed by atoms with Gasteiger partial charge in [0, 0.05) is 54.8 Å². The number of carbonyl (C=O) groups is 1. The molecule has 3 heterocycles. The Bertz CT molecular complexity index is 1370. The minimum Gasteiger partial charge on any atom is -0.398 e. The van der Waals surface area contributed by atoms with Gasteiger partial charge in [0.25, 0.3) is 5.91 Å². The number of fused-ring (bicyclic) bond motifs is 1. The van der Waals surface area contributed by atoms with E-state index in [1.165, 1.54) is 17.2 Å². The molecule has 0 spiro atoms. The highest BCUT2D eigenvalue weighted by molar-refractivity contribution is 6.42. The van der Waals surface area contributed by atoms with Crippen molar-refractivity contribution < 1.29 is 13.9 Å². The summed E-state index contributed by atoms with van der Waals surface area (Å²) in [6, 6.07) is 12.1. The molecule has 2 aliphatic rings. The smallest absolute Gasteiger partial charge is 0.255 e. The van der Waals surface area contributed by atoms with Crippen LogP contribution in [0.15, 0.2) is 53.7 Å². The Kier molecular flexibility index (Phi) is 6.90. The molecule has 4 radical (unpaired) electrons. The fourth-order valence-electron chi connectivity index (χ4n) is 5.16. The molecule has 6 nitrogen and oxygen atoms in total. The Balaban J connectivity index is 1.41. The summed E-state index contributed by atoms with van der Waals surface area (Å²) in [7, 11) is 14.2. The lowest BCUT2D eigenvalue weighted by Gasteiger charge is -2.33. The van der Waals surface area contributed by atoms with E-state index in [1.807, 2.05) is 12.1 Å². The van der Waals surface area contributed by atoms with Gasteiger partial charge in [0.1, 0.15) is 5.82 Å². The lowest BCUT2D eigenvalue weighted by molar-refractivity contribution is 0.0729. The fraction of sp³-hybridized carbons (Fsp3) is 0.321. The van der Waals surface area contributed by atoms with Gasteiger partial charge in [-0.25, -0.2) is 4.39 Å². The predicted molar refractivity (Wildman–Crippen MR) is 144 cm³/mol. The van der Waals surface area contributed by atoms with Gasteiger partial charge >= 0.3 is 0 Å². The van der Waals surface area contributed by atoms with Gasteiger partial charge in [-0.05, 0) is 60.6 Å². The zero-order valence-corrected chi connectivity index (χ0v) is 20.8. The highest BCUT2D eigenvalue weighted by atomic mass is 19.1. The van der Waals surface area contributed by atoms with Gasteiger partial charge in [-0.15, -0.1) is 0 Å². The van der Waals surface area contributed by atoms with Crippen LogP contribution in [0.3, 0.4) is 0 Å². The number of benzene rings is 2. The van der Waals surface area contributed by atoms with Gasteiger partial charge in [-0.3, -0.25) is 14.8 Å². The van der Waals surface area contributed by atoms with E-state index >= 15 is 4.39 Å². The number of aliphatic imine (C=N–C) groups is 1. The Labute approximate surface area is 219 Å². The molecular formula is C28H27B2FN4O2. The van der Waals surface area contributed by atoms with Crippen LogP contribution in [0.1, 0.15) is 52.0 Å². The summed E-state index contributed by atoms with van der Waals surface area (Å²) in [5.41, 5.74) is 11.3. The molecule has 2 aliphatic heterocycles. The Morgan fingerprint density at radius 1 is 1.24 bits per heavy atom. The van der Waals surface area contributed by atoms with E-state index in [9.17, 15) is 4.79 Å². The highest BCUT2D eigenvalue weighted by Crippen LogP contribution is 2.36. The number of pyridine rings is 1. The van der Waals surface area contributed by atoms with Crippen LogP contribution in [0, 0.1) is 5.82 Å². The second-order valence-corrected chi connectivity index (χ2v) is 9.58. The minimum absolute atomic E-state index is 0.0953. The summed E-state index contributed by atoms with van der Waals surface area (Å²) in [6.45, 7) is 0.726. The molecule has 37 heavy (non-hydrogen) atoms. The van der Waals surface area contributed by atoms with E-state index in [2.05, 4.69) is 9.98 Å². The van der Waals surface area contributed by atoms with Crippen molar-refractivity contribution in [2.45, 2.75) is 43.7 Å². The van der Waals surface area contributed by atoms with Gasteiger partial charge in [-0.1, -0.05) is 24.3 Å². The minimum atomic E-state index is -1.63. The summed E-state index contributed by atoms with van der Waals surface area (Å²) < 4.78 is 21.1. The topological polar surface area (TPSA) is 80.8 Å². The van der Waals surface area contributed by atoms with E-state index < -0.39 is 11.2 Å². The number of halogens is 1. The standard InChI is InChI=1S/C28H27B2FN4O2/c1-33-15-23-21(11-9-17(25(23)32)8-10-20-4-3-13-37-20)18-6-7-19(24(31)14-18)16-35-27(36)22-5-2-12-34-26(22)28(35,29)30/h2,5-7,9,11-12,14-15,20H,3-4,8,10,13,16,32H2,1H3. The van der Waals surface area contributed by atoms with Gasteiger partial charge in [0.2, 0.25) is 0 Å². The molecule has 5 rings (SSSR count). The third-order valence-electron chi connectivity index (χ3n) is 7.20. The number of nitrogens with zero attached hydrogens (tertiary/aromatic N) is 3. The molecule has 3 aromatic rings. The molecule has 1 fully saturated rings. The summed E-state index contributed by atoms with van der Waals surface area (Å²) in [5, 5.41) is -1.63. The largest absolute Gasteiger partial charge is 0.398 e. The number of anilines is 1. The summed E-state index contributed by atoms with van der Waals surface area (Å²) in [5.74, 6) is -0.866. The maximum Gasteiger partial charge on any atom is 0.255 e. The summed E-state index contributed by atoms with van der Waals surface area (Å²) >= 11 is 0. The van der Waals surface area contributed by atoms with Gasteiger partial charge in [0.05, 0.1) is 33.1 Å². The van der Waals surface area contributed by atoms with Crippen molar-refractivity contribution in [3.05, 3.63) is 82.4 Å². The third kappa shape index (κ3) is 4.68. The lowest BCUT2D eigenvalue weighted by Crippen LogP contribution is -2.44. The molecule has 0 aliphatic carbocycles. The first-order valence-corrected chi connectivity index (χ1v) is 12.4. The molecule has 0 saturated carbocycles. The Morgan fingerprint density at radius 3 is 2.76 bits per heavy atom. The van der Waals surface area contributed by atoms with Crippen LogP contribution in [0.5, 0.6) is 0 Å². The number of amides is 1. The third-order valence-corrected chi connectivity index (χ3v) is 7.20. The van der Waals surface area contributed by atoms with Crippen molar-refractivity contribution >= 4 is 33.5 Å².